The summed E-state index contributed by atoms with van der Waals surface area (Å²) in [5.41, 5.74) is 2.78. The van der Waals surface area contributed by atoms with Gasteiger partial charge in [-0.1, -0.05) is 17.7 Å². The van der Waals surface area contributed by atoms with Gasteiger partial charge in [-0.05, 0) is 13.0 Å². The number of nitrogens with zero attached hydrogens (tertiary/aromatic N) is 1. The van der Waals surface area contributed by atoms with Crippen LogP contribution in [0.15, 0.2) is 18.2 Å². The van der Waals surface area contributed by atoms with E-state index in [1.807, 2.05) is 37.1 Å². The average molecular weight is 257 g/mol. The first-order valence-electron chi connectivity index (χ1n) is 5.43. The highest BCUT2D eigenvalue weighted by Crippen LogP contribution is 2.20. The minimum Gasteiger partial charge on any atom is -0.392 e. The van der Waals surface area contributed by atoms with E-state index in [-0.39, 0.29) is 12.4 Å². The van der Waals surface area contributed by atoms with Crippen LogP contribution >= 0.6 is 0 Å². The van der Waals surface area contributed by atoms with E-state index in [1.54, 1.807) is 0 Å². The molecule has 0 unspecified atom stereocenters. The van der Waals surface area contributed by atoms with Crippen LogP contribution in [-0.4, -0.2) is 39.1 Å². The largest absolute Gasteiger partial charge is 0.392 e. The fourth-order valence-electron chi connectivity index (χ4n) is 1.64. The highest BCUT2D eigenvalue weighted by atomic mass is 32.2. The average Bonchev–Trinajstić information content (AvgIpc) is 2.24. The van der Waals surface area contributed by atoms with Gasteiger partial charge in [0.2, 0.25) is 0 Å². The van der Waals surface area contributed by atoms with Crippen LogP contribution in [0.1, 0.15) is 11.1 Å². The molecule has 0 atom stereocenters. The number of rotatable bonds is 5. The van der Waals surface area contributed by atoms with Crippen LogP contribution in [0.4, 0.5) is 5.69 Å². The fraction of sp³-hybridized carbons (Fsp3) is 0.500. The SMILES string of the molecule is Cc1ccc(N(C)CCS(C)(=O)=O)c(CO)c1. The Morgan fingerprint density at radius 1 is 1.35 bits per heavy atom. The van der Waals surface area contributed by atoms with Gasteiger partial charge in [-0.25, -0.2) is 8.42 Å². The molecule has 1 N–H and O–H groups in total. The minimum absolute atomic E-state index is 0.0414. The van der Waals surface area contributed by atoms with Gasteiger partial charge in [0.05, 0.1) is 12.4 Å². The van der Waals surface area contributed by atoms with Gasteiger partial charge < -0.3 is 10.0 Å². The summed E-state index contributed by atoms with van der Waals surface area (Å²) in [4.78, 5) is 1.85. The normalized spacial score (nSPS) is 11.5. The Bertz CT molecular complexity index is 483. The van der Waals surface area contributed by atoms with Crippen molar-refractivity contribution in [3.63, 3.8) is 0 Å². The van der Waals surface area contributed by atoms with Gasteiger partial charge in [0.15, 0.2) is 0 Å². The molecule has 0 spiro atoms. The molecule has 0 aromatic heterocycles. The third kappa shape index (κ3) is 4.36. The van der Waals surface area contributed by atoms with Gasteiger partial charge in [0, 0.05) is 31.1 Å². The third-order valence-electron chi connectivity index (χ3n) is 2.61. The van der Waals surface area contributed by atoms with Gasteiger partial charge in [-0.15, -0.1) is 0 Å². The molecule has 5 heteroatoms. The first-order chi connectivity index (χ1) is 7.83. The van der Waals surface area contributed by atoms with Gasteiger partial charge in [0.25, 0.3) is 0 Å². The Morgan fingerprint density at radius 2 is 2.00 bits per heavy atom. The van der Waals surface area contributed by atoms with Gasteiger partial charge in [-0.3, -0.25) is 0 Å². The number of hydrogen-bond donors (Lipinski definition) is 1. The summed E-state index contributed by atoms with van der Waals surface area (Å²) in [6.45, 7) is 2.34. The predicted molar refractivity (Wildman–Crippen MR) is 70.1 cm³/mol. The Morgan fingerprint density at radius 3 is 2.53 bits per heavy atom. The van der Waals surface area contributed by atoms with Crippen molar-refractivity contribution < 1.29 is 13.5 Å². The maximum atomic E-state index is 11.1. The molecule has 0 amide bonds. The molecule has 0 aliphatic rings. The van der Waals surface area contributed by atoms with Crippen LogP contribution in [0, 0.1) is 6.92 Å². The molecular weight excluding hydrogens is 238 g/mol. The second kappa shape index (κ2) is 5.51. The molecule has 0 aliphatic carbocycles. The number of anilines is 1. The van der Waals surface area contributed by atoms with Crippen molar-refractivity contribution in [1.82, 2.24) is 0 Å². The van der Waals surface area contributed by atoms with E-state index in [2.05, 4.69) is 0 Å². The van der Waals surface area contributed by atoms with E-state index in [0.29, 0.717) is 6.54 Å². The molecule has 96 valence electrons. The maximum Gasteiger partial charge on any atom is 0.149 e. The highest BCUT2D eigenvalue weighted by Gasteiger charge is 2.09. The third-order valence-corrected chi connectivity index (χ3v) is 3.54. The van der Waals surface area contributed by atoms with Crippen molar-refractivity contribution in [1.29, 1.82) is 0 Å². The molecule has 4 nitrogen and oxygen atoms in total. The monoisotopic (exact) mass is 257 g/mol. The molecule has 1 aromatic rings. The number of aliphatic hydroxyl groups is 1. The standard InChI is InChI=1S/C12H19NO3S/c1-10-4-5-12(11(8-10)9-14)13(2)6-7-17(3,15)16/h4-5,8,14H,6-7,9H2,1-3H3. The highest BCUT2D eigenvalue weighted by molar-refractivity contribution is 7.90. The molecule has 0 saturated carbocycles. The van der Waals surface area contributed by atoms with Crippen molar-refractivity contribution in [2.45, 2.75) is 13.5 Å². The summed E-state index contributed by atoms with van der Waals surface area (Å²) in [5, 5.41) is 9.27. The minimum atomic E-state index is -2.96. The van der Waals surface area contributed by atoms with Crippen molar-refractivity contribution in [3.05, 3.63) is 29.3 Å². The molecule has 17 heavy (non-hydrogen) atoms. The summed E-state index contributed by atoms with van der Waals surface area (Å²) in [7, 11) is -1.13. The lowest BCUT2D eigenvalue weighted by Gasteiger charge is -2.21. The van der Waals surface area contributed by atoms with E-state index < -0.39 is 9.84 Å². The lowest BCUT2D eigenvalue weighted by molar-refractivity contribution is 0.282. The molecule has 0 heterocycles. The summed E-state index contributed by atoms with van der Waals surface area (Å²) in [6, 6.07) is 5.76. The van der Waals surface area contributed by atoms with Crippen LogP contribution in [-0.2, 0) is 16.4 Å². The fourth-order valence-corrected chi connectivity index (χ4v) is 2.24. The van der Waals surface area contributed by atoms with Crippen molar-refractivity contribution in [2.75, 3.05) is 30.5 Å². The van der Waals surface area contributed by atoms with E-state index in [4.69, 9.17) is 0 Å². The van der Waals surface area contributed by atoms with Crippen LogP contribution in [0.5, 0.6) is 0 Å². The van der Waals surface area contributed by atoms with Crippen LogP contribution in [0.2, 0.25) is 0 Å². The van der Waals surface area contributed by atoms with Gasteiger partial charge >= 0.3 is 0 Å². The Balaban J connectivity index is 2.85. The molecule has 0 saturated heterocycles. The zero-order chi connectivity index (χ0) is 13.1. The van der Waals surface area contributed by atoms with Crippen molar-refractivity contribution in [2.24, 2.45) is 0 Å². The second-order valence-electron chi connectivity index (χ2n) is 4.34. The molecule has 1 aromatic carbocycles. The van der Waals surface area contributed by atoms with Crippen LogP contribution < -0.4 is 4.90 Å². The van der Waals surface area contributed by atoms with E-state index >= 15 is 0 Å². The Labute approximate surface area is 103 Å². The molecular formula is C12H19NO3S. The van der Waals surface area contributed by atoms with Crippen molar-refractivity contribution in [3.8, 4) is 0 Å². The molecule has 0 fully saturated rings. The first-order valence-corrected chi connectivity index (χ1v) is 7.49. The summed E-state index contributed by atoms with van der Waals surface area (Å²) in [6.07, 6.45) is 1.23. The summed E-state index contributed by atoms with van der Waals surface area (Å²) in [5.74, 6) is 0.113. The quantitative estimate of drug-likeness (QED) is 0.854. The number of hydrogen-bond acceptors (Lipinski definition) is 4. The zero-order valence-electron chi connectivity index (χ0n) is 10.5. The zero-order valence-corrected chi connectivity index (χ0v) is 11.3. The molecule has 0 radical (unpaired) electrons. The number of aryl methyl sites for hydroxylation is 1. The smallest absolute Gasteiger partial charge is 0.149 e. The number of sulfone groups is 1. The van der Waals surface area contributed by atoms with E-state index in [0.717, 1.165) is 16.8 Å². The Hall–Kier alpha value is -1.07. The van der Waals surface area contributed by atoms with Gasteiger partial charge in [0.1, 0.15) is 9.84 Å². The lowest BCUT2D eigenvalue weighted by Crippen LogP contribution is -2.25. The van der Waals surface area contributed by atoms with Crippen molar-refractivity contribution >= 4 is 15.5 Å². The number of aliphatic hydroxyl groups excluding tert-OH is 1. The topological polar surface area (TPSA) is 57.6 Å². The second-order valence-corrected chi connectivity index (χ2v) is 6.60. The molecule has 0 aliphatic heterocycles. The van der Waals surface area contributed by atoms with E-state index in [9.17, 15) is 13.5 Å². The first kappa shape index (κ1) is 14.0. The Kier molecular flexibility index (Phi) is 4.54. The lowest BCUT2D eigenvalue weighted by atomic mass is 10.1. The van der Waals surface area contributed by atoms with Gasteiger partial charge in [-0.2, -0.15) is 0 Å². The molecule has 0 bridgehead atoms. The summed E-state index contributed by atoms with van der Waals surface area (Å²) >= 11 is 0. The van der Waals surface area contributed by atoms with Crippen LogP contribution in [0.3, 0.4) is 0 Å². The predicted octanol–water partition coefficient (Wildman–Crippen LogP) is 0.968. The van der Waals surface area contributed by atoms with Crippen LogP contribution in [0.25, 0.3) is 0 Å². The molecule has 1 rings (SSSR count). The number of benzene rings is 1. The summed E-state index contributed by atoms with van der Waals surface area (Å²) < 4.78 is 22.2. The maximum absolute atomic E-state index is 11.1. The van der Waals surface area contributed by atoms with E-state index in [1.165, 1.54) is 6.26 Å².